The van der Waals surface area contributed by atoms with Crippen molar-refractivity contribution in [1.29, 1.82) is 5.26 Å². The molecule has 0 saturated carbocycles. The van der Waals surface area contributed by atoms with Crippen LogP contribution in [0.5, 0.6) is 5.75 Å². The maximum Gasteiger partial charge on any atom is 0.245 e. The van der Waals surface area contributed by atoms with Crippen molar-refractivity contribution in [2.24, 2.45) is 5.41 Å². The number of allylic oxidation sites excluding steroid dienone is 1. The predicted molar refractivity (Wildman–Crippen MR) is 155 cm³/mol. The number of ether oxygens (including phenoxy) is 1. The zero-order chi connectivity index (χ0) is 27.3. The molecule has 1 amide bonds. The number of carbonyl (C=O) groups is 1. The number of fused-ring (bicyclic) bond motifs is 1. The first-order chi connectivity index (χ1) is 18.9. The number of aryl methyl sites for hydroxylation is 1. The number of hydrogen-bond acceptors (Lipinski definition) is 7. The van der Waals surface area contributed by atoms with Crippen LogP contribution in [-0.2, 0) is 11.2 Å². The van der Waals surface area contributed by atoms with Gasteiger partial charge in [0.1, 0.15) is 23.2 Å². The molecule has 2 aliphatic heterocycles. The Bertz CT molecular complexity index is 1580. The summed E-state index contributed by atoms with van der Waals surface area (Å²) in [5.41, 5.74) is 8.15. The first kappa shape index (κ1) is 25.6. The molecule has 0 N–H and O–H groups in total. The molecular weight excluding hydrogens is 530 g/mol. The lowest BCUT2D eigenvalue weighted by molar-refractivity contribution is -0.136. The number of nitrogens with zero attached hydrogens (tertiary/aromatic N) is 5. The minimum atomic E-state index is -0.0327. The molecular formula is C30H28ClN5O2S. The van der Waals surface area contributed by atoms with Crippen molar-refractivity contribution < 1.29 is 9.53 Å². The van der Waals surface area contributed by atoms with E-state index in [0.29, 0.717) is 35.2 Å². The van der Waals surface area contributed by atoms with Crippen molar-refractivity contribution in [1.82, 2.24) is 14.9 Å². The highest BCUT2D eigenvalue weighted by Gasteiger charge is 2.49. The fraction of sp³-hybridized carbons (Fsp3) is 0.333. The number of hydrogen-bond donors (Lipinski definition) is 0. The second kappa shape index (κ2) is 9.82. The number of benzene rings is 1. The summed E-state index contributed by atoms with van der Waals surface area (Å²) < 4.78 is 5.52. The quantitative estimate of drug-likeness (QED) is 0.371. The molecule has 198 valence electrons. The third-order valence-corrected chi connectivity index (χ3v) is 9.47. The molecule has 7 nitrogen and oxygen atoms in total. The monoisotopic (exact) mass is 557 g/mol. The first-order valence-corrected chi connectivity index (χ1v) is 14.2. The molecule has 2 saturated heterocycles. The summed E-state index contributed by atoms with van der Waals surface area (Å²) in [4.78, 5) is 26.9. The van der Waals surface area contributed by atoms with Gasteiger partial charge in [0, 0.05) is 47.7 Å². The number of thiazole rings is 1. The van der Waals surface area contributed by atoms with Gasteiger partial charge in [-0.3, -0.25) is 4.79 Å². The van der Waals surface area contributed by atoms with E-state index in [4.69, 9.17) is 21.3 Å². The third-order valence-electron chi connectivity index (χ3n) is 8.13. The molecule has 1 aliphatic carbocycles. The van der Waals surface area contributed by atoms with Crippen LogP contribution in [0.25, 0.3) is 22.8 Å². The molecule has 0 unspecified atom stereocenters. The Morgan fingerprint density at radius 1 is 1.31 bits per heavy atom. The van der Waals surface area contributed by atoms with Crippen LogP contribution in [0.4, 0.5) is 5.82 Å². The SMILES string of the molecule is C=CC(=O)N1CC2(CCN(c3nc4c(c(-c5cc(OC)ccc5Cl)c3C#N)CCC(c3scnc3C)=C4)C2)C1. The Kier molecular flexibility index (Phi) is 6.44. The molecule has 3 aromatic rings. The number of halogens is 1. The van der Waals surface area contributed by atoms with E-state index in [1.807, 2.05) is 35.5 Å². The van der Waals surface area contributed by atoms with E-state index in [1.165, 1.54) is 16.5 Å². The van der Waals surface area contributed by atoms with Crippen molar-refractivity contribution in [3.63, 3.8) is 0 Å². The molecule has 4 heterocycles. The second-order valence-corrected chi connectivity index (χ2v) is 11.8. The number of pyridine rings is 1. The number of amides is 1. The van der Waals surface area contributed by atoms with Crippen molar-refractivity contribution in [2.45, 2.75) is 26.2 Å². The Balaban J connectivity index is 1.49. The van der Waals surface area contributed by atoms with E-state index in [-0.39, 0.29) is 11.3 Å². The third kappa shape index (κ3) is 4.30. The topological polar surface area (TPSA) is 82.4 Å². The first-order valence-electron chi connectivity index (χ1n) is 12.9. The normalized spacial score (nSPS) is 17.3. The number of anilines is 1. The van der Waals surface area contributed by atoms with E-state index in [0.717, 1.165) is 60.4 Å². The van der Waals surface area contributed by atoms with E-state index in [1.54, 1.807) is 18.4 Å². The number of nitriles is 1. The van der Waals surface area contributed by atoms with Crippen LogP contribution >= 0.6 is 22.9 Å². The molecule has 2 fully saturated rings. The van der Waals surface area contributed by atoms with Gasteiger partial charge < -0.3 is 14.5 Å². The molecule has 0 atom stereocenters. The van der Waals surface area contributed by atoms with Crippen molar-refractivity contribution >= 4 is 46.3 Å². The number of rotatable bonds is 5. The smallest absolute Gasteiger partial charge is 0.245 e. The number of carbonyl (C=O) groups excluding carboxylic acids is 1. The lowest BCUT2D eigenvalue weighted by Crippen LogP contribution is -2.59. The lowest BCUT2D eigenvalue weighted by atomic mass is 9.79. The van der Waals surface area contributed by atoms with Crippen LogP contribution in [0.3, 0.4) is 0 Å². The average molecular weight is 558 g/mol. The fourth-order valence-electron chi connectivity index (χ4n) is 6.16. The van der Waals surface area contributed by atoms with Crippen LogP contribution in [0.15, 0.2) is 36.4 Å². The van der Waals surface area contributed by atoms with Gasteiger partial charge in [0.2, 0.25) is 5.91 Å². The molecule has 6 rings (SSSR count). The van der Waals surface area contributed by atoms with E-state index < -0.39 is 0 Å². The molecule has 1 aromatic carbocycles. The van der Waals surface area contributed by atoms with Crippen LogP contribution in [0.2, 0.25) is 5.02 Å². The fourth-order valence-corrected chi connectivity index (χ4v) is 7.23. The number of aromatic nitrogens is 2. The number of methoxy groups -OCH3 is 1. The molecule has 0 radical (unpaired) electrons. The van der Waals surface area contributed by atoms with Gasteiger partial charge in [0.25, 0.3) is 0 Å². The van der Waals surface area contributed by atoms with Crippen molar-refractivity contribution in [3.8, 4) is 22.9 Å². The second-order valence-electron chi connectivity index (χ2n) is 10.5. The van der Waals surface area contributed by atoms with Gasteiger partial charge in [-0.1, -0.05) is 18.2 Å². The zero-order valence-electron chi connectivity index (χ0n) is 22.0. The maximum absolute atomic E-state index is 12.1. The van der Waals surface area contributed by atoms with Crippen LogP contribution in [-0.4, -0.2) is 54.1 Å². The molecule has 39 heavy (non-hydrogen) atoms. The summed E-state index contributed by atoms with van der Waals surface area (Å²) in [5.74, 6) is 1.32. The standard InChI is InChI=1S/C30H28ClN5O2S/c1-4-26(37)36-15-30(16-36)9-10-35(14-30)29-23(13-32)27(22-12-20(38-3)6-8-24(22)31)21-7-5-19(11-25(21)34-29)28-18(2)33-17-39-28/h4,6,8,11-12,17H,1,5,7,9-10,14-16H2,2-3H3. The summed E-state index contributed by atoms with van der Waals surface area (Å²) >= 11 is 8.42. The molecule has 0 bridgehead atoms. The van der Waals surface area contributed by atoms with E-state index in [9.17, 15) is 10.1 Å². The predicted octanol–water partition coefficient (Wildman–Crippen LogP) is 5.76. The van der Waals surface area contributed by atoms with Crippen molar-refractivity contribution in [3.05, 3.63) is 68.8 Å². The summed E-state index contributed by atoms with van der Waals surface area (Å²) in [6, 6.07) is 8.05. The number of likely N-dealkylation sites (tertiary alicyclic amines) is 1. The average Bonchev–Trinajstić information content (AvgIpc) is 3.58. The maximum atomic E-state index is 12.1. The zero-order valence-corrected chi connectivity index (χ0v) is 23.5. The minimum absolute atomic E-state index is 0.0114. The van der Waals surface area contributed by atoms with Gasteiger partial charge in [-0.25, -0.2) is 9.97 Å². The Hall–Kier alpha value is -3.67. The van der Waals surface area contributed by atoms with Gasteiger partial charge in [-0.05, 0) is 67.7 Å². The van der Waals surface area contributed by atoms with Crippen LogP contribution < -0.4 is 9.64 Å². The van der Waals surface area contributed by atoms with Gasteiger partial charge in [0.15, 0.2) is 0 Å². The van der Waals surface area contributed by atoms with Crippen LogP contribution in [0.1, 0.15) is 40.2 Å². The highest BCUT2D eigenvalue weighted by Crippen LogP contribution is 2.47. The van der Waals surface area contributed by atoms with Gasteiger partial charge in [0.05, 0.1) is 28.9 Å². The summed E-state index contributed by atoms with van der Waals surface area (Å²) in [6.07, 6.45) is 6.04. The lowest BCUT2D eigenvalue weighted by Gasteiger charge is -2.47. The van der Waals surface area contributed by atoms with Gasteiger partial charge in [-0.2, -0.15) is 5.26 Å². The van der Waals surface area contributed by atoms with Crippen LogP contribution in [0, 0.1) is 23.7 Å². The Morgan fingerprint density at radius 3 is 2.82 bits per heavy atom. The molecule has 3 aliphatic rings. The Labute approximate surface area is 237 Å². The summed E-state index contributed by atoms with van der Waals surface area (Å²) in [7, 11) is 1.63. The highest BCUT2D eigenvalue weighted by atomic mass is 35.5. The highest BCUT2D eigenvalue weighted by molar-refractivity contribution is 7.11. The summed E-state index contributed by atoms with van der Waals surface area (Å²) in [5, 5.41) is 11.1. The van der Waals surface area contributed by atoms with E-state index >= 15 is 0 Å². The van der Waals surface area contributed by atoms with Crippen molar-refractivity contribution in [2.75, 3.05) is 38.2 Å². The van der Waals surface area contributed by atoms with E-state index in [2.05, 4.69) is 28.6 Å². The van der Waals surface area contributed by atoms with Gasteiger partial charge in [-0.15, -0.1) is 11.3 Å². The molecule has 9 heteroatoms. The molecule has 2 aromatic heterocycles. The largest absolute Gasteiger partial charge is 0.497 e. The summed E-state index contributed by atoms with van der Waals surface area (Å²) in [6.45, 7) is 8.56. The molecule has 1 spiro atoms. The minimum Gasteiger partial charge on any atom is -0.497 e. The Morgan fingerprint density at radius 2 is 2.13 bits per heavy atom. The van der Waals surface area contributed by atoms with Gasteiger partial charge >= 0.3 is 0 Å².